The van der Waals surface area contributed by atoms with Crippen LogP contribution >= 0.6 is 0 Å². The molecule has 0 saturated carbocycles. The third-order valence-corrected chi connectivity index (χ3v) is 2.03. The van der Waals surface area contributed by atoms with Gasteiger partial charge in [-0.05, 0) is 12.1 Å². The zero-order chi connectivity index (χ0) is 11.4. The van der Waals surface area contributed by atoms with Crippen molar-refractivity contribution in [2.45, 2.75) is 6.04 Å². The standard InChI is InChI=1S/C9H12N2O4/c1-15-6-2-3-7(8(10)5-12)9(4-6)11(13)14/h2-4,8,12H,5,10H2,1H3/t8-/m0/s1. The molecule has 0 spiro atoms. The highest BCUT2D eigenvalue weighted by Gasteiger charge is 2.19. The summed E-state index contributed by atoms with van der Waals surface area (Å²) >= 11 is 0. The van der Waals surface area contributed by atoms with Crippen LogP contribution in [0.2, 0.25) is 0 Å². The molecule has 0 aliphatic carbocycles. The lowest BCUT2D eigenvalue weighted by Crippen LogP contribution is -2.16. The van der Waals surface area contributed by atoms with Crippen LogP contribution in [-0.2, 0) is 0 Å². The first-order chi connectivity index (χ1) is 7.10. The number of methoxy groups -OCH3 is 1. The van der Waals surface area contributed by atoms with Gasteiger partial charge in [0.1, 0.15) is 5.75 Å². The minimum atomic E-state index is -0.753. The number of rotatable bonds is 4. The normalized spacial score (nSPS) is 12.2. The largest absolute Gasteiger partial charge is 0.497 e. The van der Waals surface area contributed by atoms with Crippen molar-refractivity contribution in [2.24, 2.45) is 5.73 Å². The molecule has 0 amide bonds. The predicted molar refractivity (Wildman–Crippen MR) is 53.7 cm³/mol. The average Bonchev–Trinajstić information content (AvgIpc) is 2.27. The van der Waals surface area contributed by atoms with E-state index in [0.29, 0.717) is 11.3 Å². The van der Waals surface area contributed by atoms with Crippen LogP contribution in [0.4, 0.5) is 5.69 Å². The fourth-order valence-electron chi connectivity index (χ4n) is 1.22. The second kappa shape index (κ2) is 4.72. The number of ether oxygens (including phenoxy) is 1. The summed E-state index contributed by atoms with van der Waals surface area (Å²) in [6, 6.07) is 3.58. The topological polar surface area (TPSA) is 98.6 Å². The zero-order valence-corrected chi connectivity index (χ0v) is 8.21. The number of nitro benzene ring substituents is 1. The minimum Gasteiger partial charge on any atom is -0.497 e. The first kappa shape index (κ1) is 11.4. The maximum absolute atomic E-state index is 10.7. The maximum atomic E-state index is 10.7. The fraction of sp³-hybridized carbons (Fsp3) is 0.333. The van der Waals surface area contributed by atoms with Crippen molar-refractivity contribution in [1.29, 1.82) is 0 Å². The number of benzene rings is 1. The van der Waals surface area contributed by atoms with Crippen molar-refractivity contribution in [3.8, 4) is 5.75 Å². The van der Waals surface area contributed by atoms with E-state index in [2.05, 4.69) is 0 Å². The number of nitrogens with zero attached hydrogens (tertiary/aromatic N) is 1. The minimum absolute atomic E-state index is 0.143. The molecular weight excluding hydrogens is 200 g/mol. The number of hydrogen-bond donors (Lipinski definition) is 2. The molecule has 3 N–H and O–H groups in total. The van der Waals surface area contributed by atoms with Gasteiger partial charge in [0.2, 0.25) is 0 Å². The van der Waals surface area contributed by atoms with Gasteiger partial charge >= 0.3 is 0 Å². The van der Waals surface area contributed by atoms with Crippen LogP contribution in [-0.4, -0.2) is 23.7 Å². The molecule has 0 bridgehead atoms. The molecule has 0 saturated heterocycles. The highest BCUT2D eigenvalue weighted by Crippen LogP contribution is 2.27. The molecule has 0 fully saturated rings. The Bertz CT molecular complexity index is 367. The van der Waals surface area contributed by atoms with Crippen molar-refractivity contribution < 1.29 is 14.8 Å². The average molecular weight is 212 g/mol. The second-order valence-electron chi connectivity index (χ2n) is 2.97. The number of aliphatic hydroxyl groups excluding tert-OH is 1. The van der Waals surface area contributed by atoms with E-state index < -0.39 is 11.0 Å². The molecule has 82 valence electrons. The van der Waals surface area contributed by atoms with E-state index in [4.69, 9.17) is 15.6 Å². The lowest BCUT2D eigenvalue weighted by atomic mass is 10.1. The molecule has 6 heteroatoms. The molecule has 1 aromatic rings. The van der Waals surface area contributed by atoms with E-state index in [9.17, 15) is 10.1 Å². The Hall–Kier alpha value is -1.66. The summed E-state index contributed by atoms with van der Waals surface area (Å²) in [6.07, 6.45) is 0. The van der Waals surface area contributed by atoms with Crippen LogP contribution in [0.5, 0.6) is 5.75 Å². The van der Waals surface area contributed by atoms with Gasteiger partial charge in [0, 0.05) is 5.56 Å². The van der Waals surface area contributed by atoms with Gasteiger partial charge in [-0.3, -0.25) is 10.1 Å². The van der Waals surface area contributed by atoms with E-state index in [1.807, 2.05) is 0 Å². The summed E-state index contributed by atoms with van der Waals surface area (Å²) in [6.45, 7) is -0.340. The molecule has 1 aromatic carbocycles. The molecule has 0 aliphatic heterocycles. The molecule has 0 aliphatic rings. The van der Waals surface area contributed by atoms with Crippen molar-refractivity contribution in [2.75, 3.05) is 13.7 Å². The first-order valence-corrected chi connectivity index (χ1v) is 4.29. The van der Waals surface area contributed by atoms with Crippen LogP contribution in [0.1, 0.15) is 11.6 Å². The first-order valence-electron chi connectivity index (χ1n) is 4.29. The fourth-order valence-corrected chi connectivity index (χ4v) is 1.22. The summed E-state index contributed by atoms with van der Waals surface area (Å²) in [5, 5.41) is 19.6. The summed E-state index contributed by atoms with van der Waals surface area (Å²) < 4.78 is 4.87. The number of aliphatic hydroxyl groups is 1. The number of nitro groups is 1. The third-order valence-electron chi connectivity index (χ3n) is 2.03. The van der Waals surface area contributed by atoms with Gasteiger partial charge in [0.25, 0.3) is 5.69 Å². The Morgan fingerprint density at radius 3 is 2.80 bits per heavy atom. The van der Waals surface area contributed by atoms with E-state index in [-0.39, 0.29) is 12.3 Å². The van der Waals surface area contributed by atoms with Gasteiger partial charge in [-0.2, -0.15) is 0 Å². The molecule has 0 unspecified atom stereocenters. The highest BCUT2D eigenvalue weighted by atomic mass is 16.6. The van der Waals surface area contributed by atoms with Crippen LogP contribution in [0.25, 0.3) is 0 Å². The number of nitrogens with two attached hydrogens (primary N) is 1. The van der Waals surface area contributed by atoms with Gasteiger partial charge < -0.3 is 15.6 Å². The molecule has 0 radical (unpaired) electrons. The van der Waals surface area contributed by atoms with Crippen molar-refractivity contribution >= 4 is 5.69 Å². The van der Waals surface area contributed by atoms with E-state index in [1.165, 1.54) is 19.2 Å². The SMILES string of the molecule is COc1ccc([C@@H](N)CO)c([N+](=O)[O-])c1. The second-order valence-corrected chi connectivity index (χ2v) is 2.97. The Labute approximate surface area is 86.4 Å². The van der Waals surface area contributed by atoms with Crippen LogP contribution < -0.4 is 10.5 Å². The van der Waals surface area contributed by atoms with Gasteiger partial charge in [0.15, 0.2) is 0 Å². The summed E-state index contributed by atoms with van der Waals surface area (Å²) in [5.74, 6) is 0.385. The van der Waals surface area contributed by atoms with Gasteiger partial charge in [0.05, 0.1) is 30.7 Å². The van der Waals surface area contributed by atoms with E-state index in [1.54, 1.807) is 6.07 Å². The molecule has 15 heavy (non-hydrogen) atoms. The van der Waals surface area contributed by atoms with Crippen molar-refractivity contribution in [1.82, 2.24) is 0 Å². The molecule has 0 heterocycles. The Kier molecular flexibility index (Phi) is 3.59. The Morgan fingerprint density at radius 1 is 1.67 bits per heavy atom. The summed E-state index contributed by atoms with van der Waals surface area (Å²) in [5.41, 5.74) is 5.68. The molecule has 1 atom stereocenters. The van der Waals surface area contributed by atoms with Crippen molar-refractivity contribution in [3.63, 3.8) is 0 Å². The smallest absolute Gasteiger partial charge is 0.277 e. The van der Waals surface area contributed by atoms with Gasteiger partial charge in [-0.25, -0.2) is 0 Å². The van der Waals surface area contributed by atoms with Crippen molar-refractivity contribution in [3.05, 3.63) is 33.9 Å². The molecular formula is C9H12N2O4. The summed E-state index contributed by atoms with van der Waals surface area (Å²) in [7, 11) is 1.42. The van der Waals surface area contributed by atoms with Crippen LogP contribution in [0.15, 0.2) is 18.2 Å². The van der Waals surface area contributed by atoms with Crippen LogP contribution in [0, 0.1) is 10.1 Å². The summed E-state index contributed by atoms with van der Waals surface area (Å²) in [4.78, 5) is 10.2. The molecule has 0 aromatic heterocycles. The number of hydrogen-bond acceptors (Lipinski definition) is 5. The monoisotopic (exact) mass is 212 g/mol. The Morgan fingerprint density at radius 2 is 2.33 bits per heavy atom. The van der Waals surface area contributed by atoms with Gasteiger partial charge in [-0.15, -0.1) is 0 Å². The molecule has 1 rings (SSSR count). The third kappa shape index (κ3) is 2.42. The quantitative estimate of drug-likeness (QED) is 0.562. The van der Waals surface area contributed by atoms with Crippen LogP contribution in [0.3, 0.4) is 0 Å². The lowest BCUT2D eigenvalue weighted by Gasteiger charge is -2.09. The maximum Gasteiger partial charge on any atom is 0.277 e. The predicted octanol–water partition coefficient (Wildman–Crippen LogP) is 0.595. The van der Waals surface area contributed by atoms with E-state index in [0.717, 1.165) is 0 Å². The van der Waals surface area contributed by atoms with E-state index >= 15 is 0 Å². The Balaban J connectivity index is 3.21. The lowest BCUT2D eigenvalue weighted by molar-refractivity contribution is -0.385. The van der Waals surface area contributed by atoms with Gasteiger partial charge in [-0.1, -0.05) is 0 Å². The molecule has 6 nitrogen and oxygen atoms in total. The highest BCUT2D eigenvalue weighted by molar-refractivity contribution is 5.47. The zero-order valence-electron chi connectivity index (χ0n) is 8.21.